The van der Waals surface area contributed by atoms with Crippen LogP contribution >= 0.6 is 23.4 Å². The fraction of sp³-hybridized carbons (Fsp3) is 0.103. The SMILES string of the molecule is Cc1cc(/C=C2/SC(=O)N(c3cccc(Cl)c3)C2=O)c(C)n1-c1ccc(OCc2ccccc2F)cc1. The number of amides is 2. The average molecular weight is 533 g/mol. The van der Waals surface area contributed by atoms with E-state index in [0.717, 1.165) is 39.3 Å². The first-order valence-electron chi connectivity index (χ1n) is 11.5. The normalized spacial score (nSPS) is 14.6. The first-order chi connectivity index (χ1) is 17.8. The number of thioether (sulfide) groups is 1. The van der Waals surface area contributed by atoms with Crippen molar-refractivity contribution in [2.24, 2.45) is 0 Å². The molecule has 186 valence electrons. The van der Waals surface area contributed by atoms with Crippen molar-refractivity contribution >= 4 is 46.3 Å². The van der Waals surface area contributed by atoms with Crippen LogP contribution in [0.2, 0.25) is 5.02 Å². The van der Waals surface area contributed by atoms with Gasteiger partial charge in [0.05, 0.1) is 10.6 Å². The molecular formula is C29H22ClFN2O3S. The monoisotopic (exact) mass is 532 g/mol. The molecule has 0 N–H and O–H groups in total. The molecule has 0 saturated carbocycles. The number of hydrogen-bond donors (Lipinski definition) is 0. The summed E-state index contributed by atoms with van der Waals surface area (Å²) in [4.78, 5) is 27.2. The Morgan fingerprint density at radius 3 is 2.43 bits per heavy atom. The first kappa shape index (κ1) is 24.9. The Hall–Kier alpha value is -3.81. The number of carbonyl (C=O) groups is 2. The summed E-state index contributed by atoms with van der Waals surface area (Å²) in [6.07, 6.45) is 1.75. The number of imide groups is 1. The Kier molecular flexibility index (Phi) is 6.91. The van der Waals surface area contributed by atoms with Gasteiger partial charge in [0.2, 0.25) is 0 Å². The van der Waals surface area contributed by atoms with Crippen molar-refractivity contribution in [3.63, 3.8) is 0 Å². The van der Waals surface area contributed by atoms with Crippen LogP contribution in [-0.4, -0.2) is 15.7 Å². The third-order valence-electron chi connectivity index (χ3n) is 6.06. The minimum atomic E-state index is -0.376. The predicted octanol–water partition coefficient (Wildman–Crippen LogP) is 7.71. The van der Waals surface area contributed by atoms with Crippen LogP contribution in [0.3, 0.4) is 0 Å². The summed E-state index contributed by atoms with van der Waals surface area (Å²) >= 11 is 6.96. The number of anilines is 1. The maximum atomic E-state index is 13.8. The highest BCUT2D eigenvalue weighted by molar-refractivity contribution is 8.19. The zero-order valence-electron chi connectivity index (χ0n) is 20.1. The quantitative estimate of drug-likeness (QED) is 0.239. The fourth-order valence-corrected chi connectivity index (χ4v) is 5.26. The van der Waals surface area contributed by atoms with E-state index in [1.54, 1.807) is 48.5 Å². The van der Waals surface area contributed by atoms with Gasteiger partial charge in [0.1, 0.15) is 18.2 Å². The summed E-state index contributed by atoms with van der Waals surface area (Å²) in [5, 5.41) is 0.0889. The molecule has 0 radical (unpaired) electrons. The van der Waals surface area contributed by atoms with Gasteiger partial charge in [-0.25, -0.2) is 9.29 Å². The van der Waals surface area contributed by atoms with Crippen molar-refractivity contribution in [1.29, 1.82) is 0 Å². The number of benzene rings is 3. The minimum Gasteiger partial charge on any atom is -0.489 e. The summed E-state index contributed by atoms with van der Waals surface area (Å²) in [6.45, 7) is 4.08. The molecule has 2 amide bonds. The molecule has 0 aliphatic carbocycles. The van der Waals surface area contributed by atoms with Gasteiger partial charge in [-0.05, 0) is 91.8 Å². The van der Waals surface area contributed by atoms with Gasteiger partial charge in [-0.1, -0.05) is 35.9 Å². The van der Waals surface area contributed by atoms with Gasteiger partial charge >= 0.3 is 0 Å². The fourth-order valence-electron chi connectivity index (χ4n) is 4.25. The van der Waals surface area contributed by atoms with Crippen molar-refractivity contribution in [2.45, 2.75) is 20.5 Å². The lowest BCUT2D eigenvalue weighted by atomic mass is 10.2. The van der Waals surface area contributed by atoms with E-state index in [9.17, 15) is 14.0 Å². The smallest absolute Gasteiger partial charge is 0.298 e. The van der Waals surface area contributed by atoms with Gasteiger partial charge in [0, 0.05) is 27.7 Å². The van der Waals surface area contributed by atoms with Crippen LogP contribution in [0.4, 0.5) is 14.9 Å². The Bertz CT molecular complexity index is 1550. The number of rotatable bonds is 6. The van der Waals surface area contributed by atoms with E-state index in [-0.39, 0.29) is 23.6 Å². The van der Waals surface area contributed by atoms with E-state index in [1.807, 2.05) is 44.2 Å². The molecule has 37 heavy (non-hydrogen) atoms. The Labute approximate surface area is 223 Å². The van der Waals surface area contributed by atoms with Crippen LogP contribution in [0.25, 0.3) is 11.8 Å². The molecule has 2 heterocycles. The lowest BCUT2D eigenvalue weighted by Crippen LogP contribution is -2.27. The van der Waals surface area contributed by atoms with Crippen LogP contribution < -0.4 is 9.64 Å². The Balaban J connectivity index is 1.36. The van der Waals surface area contributed by atoms with E-state index in [2.05, 4.69) is 4.57 Å². The number of ether oxygens (including phenoxy) is 1. The van der Waals surface area contributed by atoms with Gasteiger partial charge in [-0.2, -0.15) is 0 Å². The first-order valence-corrected chi connectivity index (χ1v) is 12.7. The average Bonchev–Trinajstić information content (AvgIpc) is 3.32. The zero-order chi connectivity index (χ0) is 26.1. The third kappa shape index (κ3) is 5.05. The maximum absolute atomic E-state index is 13.8. The second-order valence-electron chi connectivity index (χ2n) is 8.53. The molecule has 1 aliphatic heterocycles. The molecular weight excluding hydrogens is 511 g/mol. The van der Waals surface area contributed by atoms with Crippen LogP contribution in [0.1, 0.15) is 22.5 Å². The maximum Gasteiger partial charge on any atom is 0.298 e. The number of hydrogen-bond acceptors (Lipinski definition) is 4. The van der Waals surface area contributed by atoms with E-state index >= 15 is 0 Å². The van der Waals surface area contributed by atoms with Crippen molar-refractivity contribution in [1.82, 2.24) is 4.57 Å². The van der Waals surface area contributed by atoms with Crippen LogP contribution in [0, 0.1) is 19.7 Å². The lowest BCUT2D eigenvalue weighted by molar-refractivity contribution is -0.113. The molecule has 1 aliphatic rings. The van der Waals surface area contributed by atoms with E-state index in [0.29, 0.717) is 26.9 Å². The molecule has 8 heteroatoms. The van der Waals surface area contributed by atoms with E-state index < -0.39 is 0 Å². The topological polar surface area (TPSA) is 51.5 Å². The predicted molar refractivity (Wildman–Crippen MR) is 146 cm³/mol. The van der Waals surface area contributed by atoms with Crippen molar-refractivity contribution in [3.8, 4) is 11.4 Å². The summed E-state index contributed by atoms with van der Waals surface area (Å²) in [7, 11) is 0. The zero-order valence-corrected chi connectivity index (χ0v) is 21.6. The van der Waals surface area contributed by atoms with Gasteiger partial charge in [-0.15, -0.1) is 0 Å². The molecule has 1 saturated heterocycles. The molecule has 3 aromatic carbocycles. The largest absolute Gasteiger partial charge is 0.489 e. The number of halogens is 2. The second kappa shape index (κ2) is 10.3. The molecule has 0 unspecified atom stereocenters. The molecule has 1 aromatic heterocycles. The second-order valence-corrected chi connectivity index (χ2v) is 9.96. The molecule has 4 aromatic rings. The molecule has 1 fully saturated rings. The van der Waals surface area contributed by atoms with E-state index in [1.165, 1.54) is 6.07 Å². The summed E-state index contributed by atoms with van der Waals surface area (Å²) < 4.78 is 21.7. The lowest BCUT2D eigenvalue weighted by Gasteiger charge is -2.12. The molecule has 0 atom stereocenters. The molecule has 5 nitrogen and oxygen atoms in total. The Morgan fingerprint density at radius 1 is 0.946 bits per heavy atom. The number of aromatic nitrogens is 1. The van der Waals surface area contributed by atoms with Crippen molar-refractivity contribution in [2.75, 3.05) is 4.90 Å². The van der Waals surface area contributed by atoms with Crippen LogP contribution in [-0.2, 0) is 11.4 Å². The summed E-state index contributed by atoms with van der Waals surface area (Å²) in [5.74, 6) is -0.0431. The van der Waals surface area contributed by atoms with Gasteiger partial charge in [-0.3, -0.25) is 9.59 Å². The molecule has 0 bridgehead atoms. The van der Waals surface area contributed by atoms with Gasteiger partial charge in [0.15, 0.2) is 0 Å². The van der Waals surface area contributed by atoms with Crippen LogP contribution in [0.5, 0.6) is 5.75 Å². The third-order valence-corrected chi connectivity index (χ3v) is 7.17. The Morgan fingerprint density at radius 2 is 1.70 bits per heavy atom. The molecule has 0 spiro atoms. The number of carbonyl (C=O) groups excluding carboxylic acids is 2. The summed E-state index contributed by atoms with van der Waals surface area (Å²) in [5.41, 5.74) is 4.59. The van der Waals surface area contributed by atoms with Gasteiger partial charge < -0.3 is 9.30 Å². The summed E-state index contributed by atoms with van der Waals surface area (Å²) in [6, 6.07) is 22.7. The van der Waals surface area contributed by atoms with Crippen molar-refractivity contribution in [3.05, 3.63) is 117 Å². The highest BCUT2D eigenvalue weighted by Gasteiger charge is 2.36. The minimum absolute atomic E-state index is 0.141. The van der Waals surface area contributed by atoms with Crippen molar-refractivity contribution < 1.29 is 18.7 Å². The van der Waals surface area contributed by atoms with E-state index in [4.69, 9.17) is 16.3 Å². The highest BCUT2D eigenvalue weighted by atomic mass is 35.5. The van der Waals surface area contributed by atoms with Gasteiger partial charge in [0.25, 0.3) is 11.1 Å². The standard InChI is InChI=1S/C29H22ClFN2O3S/c1-18-14-21(15-27-28(34)33(29(35)37-27)24-8-5-7-22(30)16-24)19(2)32(18)23-10-12-25(13-11-23)36-17-20-6-3-4-9-26(20)31/h3-16H,17H2,1-2H3/b27-15+. The number of nitrogens with zero attached hydrogens (tertiary/aromatic N) is 2. The highest BCUT2D eigenvalue weighted by Crippen LogP contribution is 2.37. The number of aryl methyl sites for hydroxylation is 1. The molecule has 5 rings (SSSR count). The van der Waals surface area contributed by atoms with Crippen LogP contribution in [0.15, 0.2) is 83.8 Å².